The highest BCUT2D eigenvalue weighted by Crippen LogP contribution is 2.38. The van der Waals surface area contributed by atoms with Crippen molar-refractivity contribution in [2.45, 2.75) is 12.7 Å². The number of fused-ring (bicyclic) bond motifs is 1. The van der Waals surface area contributed by atoms with Crippen LogP contribution in [-0.2, 0) is 20.9 Å². The van der Waals surface area contributed by atoms with Crippen molar-refractivity contribution in [1.82, 2.24) is 5.32 Å². The lowest BCUT2D eigenvalue weighted by Gasteiger charge is -2.16. The highest BCUT2D eigenvalue weighted by molar-refractivity contribution is 5.97. The van der Waals surface area contributed by atoms with E-state index in [2.05, 4.69) is 15.4 Å². The van der Waals surface area contributed by atoms with Crippen LogP contribution in [0.25, 0.3) is 11.1 Å². The fraction of sp³-hybridized carbons (Fsp3) is 0.263. The Labute approximate surface area is 158 Å². The minimum absolute atomic E-state index is 0.366. The maximum Gasteiger partial charge on any atom is 0.490 e. The number of alkyl halides is 3. The Kier molecular flexibility index (Phi) is 5.84. The Hall–Kier alpha value is -3.07. The zero-order valence-corrected chi connectivity index (χ0v) is 14.6. The van der Waals surface area contributed by atoms with Crippen LogP contribution in [0.15, 0.2) is 42.5 Å². The number of carbonyl (C=O) groups is 2. The largest absolute Gasteiger partial charge is 0.491 e. The van der Waals surface area contributed by atoms with Crippen molar-refractivity contribution in [3.63, 3.8) is 0 Å². The van der Waals surface area contributed by atoms with Crippen LogP contribution < -0.4 is 15.4 Å². The number of amides is 1. The van der Waals surface area contributed by atoms with Gasteiger partial charge in [-0.1, -0.05) is 36.4 Å². The van der Waals surface area contributed by atoms with Crippen LogP contribution in [0, 0.1) is 0 Å². The molecule has 1 heterocycles. The maximum atomic E-state index is 12.2. The summed E-state index contributed by atoms with van der Waals surface area (Å²) in [7, 11) is 0. The topological polar surface area (TPSA) is 76.7 Å². The molecule has 0 radical (unpaired) electrons. The number of carbonyl (C=O) groups excluding carboxylic acids is 2. The van der Waals surface area contributed by atoms with Crippen molar-refractivity contribution >= 4 is 17.6 Å². The van der Waals surface area contributed by atoms with Gasteiger partial charge in [-0.3, -0.25) is 4.79 Å². The Bertz CT molecular complexity index is 884. The predicted molar refractivity (Wildman–Crippen MR) is 94.7 cm³/mol. The van der Waals surface area contributed by atoms with E-state index in [1.807, 2.05) is 18.2 Å². The van der Waals surface area contributed by atoms with Crippen molar-refractivity contribution < 1.29 is 32.2 Å². The molecule has 0 unspecified atom stereocenters. The monoisotopic (exact) mass is 394 g/mol. The Morgan fingerprint density at radius 2 is 1.86 bits per heavy atom. The predicted octanol–water partition coefficient (Wildman–Crippen LogP) is 2.88. The SMILES string of the molecule is O=C(COC(=O)C(F)(F)F)Nc1ccccc1-c1cccc2c1OCCNC2. The van der Waals surface area contributed by atoms with Gasteiger partial charge in [-0.15, -0.1) is 0 Å². The molecule has 0 fully saturated rings. The standard InChI is InChI=1S/C19H17F3N2O4/c20-19(21,22)18(26)28-11-16(25)24-15-7-2-1-5-13(15)14-6-3-4-12-10-23-8-9-27-17(12)14/h1-7,23H,8-11H2,(H,24,25). The van der Waals surface area contributed by atoms with Crippen molar-refractivity contribution in [3.05, 3.63) is 48.0 Å². The molecule has 0 atom stereocenters. The Balaban J connectivity index is 1.81. The van der Waals surface area contributed by atoms with Gasteiger partial charge in [0.2, 0.25) is 0 Å². The van der Waals surface area contributed by atoms with E-state index in [-0.39, 0.29) is 0 Å². The minimum atomic E-state index is -5.15. The molecule has 1 amide bonds. The third-order valence-corrected chi connectivity index (χ3v) is 3.99. The molecule has 2 N–H and O–H groups in total. The maximum absolute atomic E-state index is 12.2. The first-order valence-electron chi connectivity index (χ1n) is 8.45. The number of rotatable bonds is 4. The summed E-state index contributed by atoms with van der Waals surface area (Å²) in [5.74, 6) is -2.61. The van der Waals surface area contributed by atoms with Gasteiger partial charge < -0.3 is 20.1 Å². The molecule has 28 heavy (non-hydrogen) atoms. The van der Waals surface area contributed by atoms with Crippen molar-refractivity contribution in [2.75, 3.05) is 25.1 Å². The first kappa shape index (κ1) is 19.7. The van der Waals surface area contributed by atoms with E-state index in [0.717, 1.165) is 11.1 Å². The van der Waals surface area contributed by atoms with Gasteiger partial charge in [0.05, 0.1) is 0 Å². The lowest BCUT2D eigenvalue weighted by atomic mass is 9.99. The fourth-order valence-electron chi connectivity index (χ4n) is 2.78. The van der Waals surface area contributed by atoms with E-state index in [1.165, 1.54) is 0 Å². The van der Waals surface area contributed by atoms with Gasteiger partial charge in [0.15, 0.2) is 6.61 Å². The summed E-state index contributed by atoms with van der Waals surface area (Å²) < 4.78 is 46.4. The summed E-state index contributed by atoms with van der Waals surface area (Å²) >= 11 is 0. The van der Waals surface area contributed by atoms with E-state index < -0.39 is 24.7 Å². The zero-order valence-electron chi connectivity index (χ0n) is 14.6. The second kappa shape index (κ2) is 8.30. The Morgan fingerprint density at radius 3 is 2.64 bits per heavy atom. The third-order valence-electron chi connectivity index (χ3n) is 3.99. The second-order valence-electron chi connectivity index (χ2n) is 5.99. The number of nitrogens with one attached hydrogen (secondary N) is 2. The summed E-state index contributed by atoms with van der Waals surface area (Å²) in [6, 6.07) is 12.4. The quantitative estimate of drug-likeness (QED) is 0.780. The van der Waals surface area contributed by atoms with Crippen molar-refractivity contribution in [1.29, 1.82) is 0 Å². The number of hydrogen-bond donors (Lipinski definition) is 2. The van der Waals surface area contributed by atoms with Crippen molar-refractivity contribution in [2.24, 2.45) is 0 Å². The zero-order chi connectivity index (χ0) is 20.1. The highest BCUT2D eigenvalue weighted by atomic mass is 19.4. The number of hydrogen-bond acceptors (Lipinski definition) is 5. The van der Waals surface area contributed by atoms with Gasteiger partial charge in [-0.25, -0.2) is 4.79 Å². The second-order valence-corrected chi connectivity index (χ2v) is 5.99. The van der Waals surface area contributed by atoms with Gasteiger partial charge >= 0.3 is 12.1 Å². The van der Waals surface area contributed by atoms with E-state index >= 15 is 0 Å². The first-order chi connectivity index (χ1) is 13.4. The van der Waals surface area contributed by atoms with Crippen LogP contribution in [0.3, 0.4) is 0 Å². The molecule has 0 aliphatic carbocycles. The molecule has 0 aromatic heterocycles. The first-order valence-corrected chi connectivity index (χ1v) is 8.45. The molecule has 6 nitrogen and oxygen atoms in total. The molecule has 1 aliphatic heterocycles. The lowest BCUT2D eigenvalue weighted by Crippen LogP contribution is -2.29. The number of anilines is 1. The molecular weight excluding hydrogens is 377 g/mol. The van der Waals surface area contributed by atoms with Gasteiger partial charge in [-0.2, -0.15) is 13.2 Å². The number of para-hydroxylation sites is 2. The molecule has 0 bridgehead atoms. The molecule has 9 heteroatoms. The molecule has 3 rings (SSSR count). The van der Waals surface area contributed by atoms with E-state index in [4.69, 9.17) is 4.74 Å². The fourth-order valence-corrected chi connectivity index (χ4v) is 2.78. The van der Waals surface area contributed by atoms with E-state index in [0.29, 0.717) is 36.7 Å². The number of benzene rings is 2. The smallest absolute Gasteiger partial charge is 0.490 e. The van der Waals surface area contributed by atoms with Crippen molar-refractivity contribution in [3.8, 4) is 16.9 Å². The minimum Gasteiger partial charge on any atom is -0.491 e. The number of esters is 1. The third kappa shape index (κ3) is 4.61. The molecule has 2 aromatic rings. The van der Waals surface area contributed by atoms with Gasteiger partial charge in [0.25, 0.3) is 5.91 Å². The van der Waals surface area contributed by atoms with Crippen LogP contribution in [-0.4, -0.2) is 37.8 Å². The summed E-state index contributed by atoms with van der Waals surface area (Å²) in [6.07, 6.45) is -5.15. The van der Waals surface area contributed by atoms with Crippen LogP contribution in [0.4, 0.5) is 18.9 Å². The van der Waals surface area contributed by atoms with E-state index in [9.17, 15) is 22.8 Å². The van der Waals surface area contributed by atoms with Crippen LogP contribution in [0.1, 0.15) is 5.56 Å². The average Bonchev–Trinajstić information content (AvgIpc) is 2.91. The van der Waals surface area contributed by atoms with E-state index in [1.54, 1.807) is 24.3 Å². The number of ether oxygens (including phenoxy) is 2. The normalized spacial score (nSPS) is 13.7. The van der Waals surface area contributed by atoms with Crippen LogP contribution in [0.5, 0.6) is 5.75 Å². The molecule has 0 saturated carbocycles. The summed E-state index contributed by atoms with van der Waals surface area (Å²) in [6.45, 7) is 0.758. The van der Waals surface area contributed by atoms with Gasteiger partial charge in [0, 0.05) is 35.5 Å². The number of halogens is 3. The van der Waals surface area contributed by atoms with Crippen LogP contribution in [0.2, 0.25) is 0 Å². The molecule has 148 valence electrons. The summed E-state index contributed by atoms with van der Waals surface area (Å²) in [5, 5.41) is 5.72. The molecule has 2 aromatic carbocycles. The summed E-state index contributed by atoms with van der Waals surface area (Å²) in [5.41, 5.74) is 2.70. The van der Waals surface area contributed by atoms with Crippen LogP contribution >= 0.6 is 0 Å². The highest BCUT2D eigenvalue weighted by Gasteiger charge is 2.41. The lowest BCUT2D eigenvalue weighted by molar-refractivity contribution is -0.199. The van der Waals surface area contributed by atoms with Gasteiger partial charge in [0.1, 0.15) is 12.4 Å². The average molecular weight is 394 g/mol. The molecule has 0 spiro atoms. The Morgan fingerprint density at radius 1 is 1.11 bits per heavy atom. The summed E-state index contributed by atoms with van der Waals surface area (Å²) in [4.78, 5) is 22.7. The molecule has 1 aliphatic rings. The molecular formula is C19H17F3N2O4. The van der Waals surface area contributed by atoms with Gasteiger partial charge in [-0.05, 0) is 6.07 Å². The molecule has 0 saturated heterocycles.